The van der Waals surface area contributed by atoms with Crippen LogP contribution in [0.25, 0.3) is 0 Å². The molecule has 0 unspecified atom stereocenters. The fourth-order valence-electron chi connectivity index (χ4n) is 4.80. The summed E-state index contributed by atoms with van der Waals surface area (Å²) in [7, 11) is 0. The van der Waals surface area contributed by atoms with E-state index < -0.39 is 57.6 Å². The van der Waals surface area contributed by atoms with E-state index in [1.807, 2.05) is 0 Å². The Morgan fingerprint density at radius 1 is 0.946 bits per heavy atom. The highest BCUT2D eigenvalue weighted by atomic mass is 19.4. The van der Waals surface area contributed by atoms with Crippen molar-refractivity contribution in [1.29, 1.82) is 0 Å². The zero-order valence-corrected chi connectivity index (χ0v) is 20.0. The fraction of sp³-hybridized carbons (Fsp3) is 0.346. The summed E-state index contributed by atoms with van der Waals surface area (Å²) in [6.07, 6.45) is -10.7. The van der Waals surface area contributed by atoms with Crippen molar-refractivity contribution < 1.29 is 40.7 Å². The number of hydrogen-bond acceptors (Lipinski definition) is 3. The maximum Gasteiger partial charge on any atom is 0.425 e. The lowest BCUT2D eigenvalue weighted by molar-refractivity contribution is -0.186. The molecule has 5 nitrogen and oxygen atoms in total. The number of ketones is 1. The number of allylic oxidation sites excluding steroid dienone is 1. The van der Waals surface area contributed by atoms with E-state index in [0.717, 1.165) is 22.6 Å². The van der Waals surface area contributed by atoms with Crippen molar-refractivity contribution >= 4 is 23.3 Å². The van der Waals surface area contributed by atoms with Crippen LogP contribution in [0.15, 0.2) is 59.8 Å². The zero-order valence-electron chi connectivity index (χ0n) is 20.0. The van der Waals surface area contributed by atoms with Crippen molar-refractivity contribution in [2.45, 2.75) is 51.5 Å². The third-order valence-corrected chi connectivity index (χ3v) is 6.49. The molecule has 1 aliphatic heterocycles. The molecule has 1 aliphatic carbocycles. The van der Waals surface area contributed by atoms with E-state index in [2.05, 4.69) is 0 Å². The molecule has 2 aromatic carbocycles. The van der Waals surface area contributed by atoms with Crippen LogP contribution < -0.4 is 10.2 Å². The van der Waals surface area contributed by atoms with Gasteiger partial charge in [-0.3, -0.25) is 19.3 Å². The van der Waals surface area contributed by atoms with Gasteiger partial charge in [0.1, 0.15) is 0 Å². The van der Waals surface area contributed by atoms with Gasteiger partial charge < -0.3 is 5.32 Å². The van der Waals surface area contributed by atoms with E-state index in [1.165, 1.54) is 12.1 Å². The predicted molar refractivity (Wildman–Crippen MR) is 121 cm³/mol. The van der Waals surface area contributed by atoms with Gasteiger partial charge in [0.2, 0.25) is 5.54 Å². The molecule has 2 aliphatic rings. The maximum absolute atomic E-state index is 14.9. The van der Waals surface area contributed by atoms with Crippen LogP contribution in [0.2, 0.25) is 0 Å². The summed E-state index contributed by atoms with van der Waals surface area (Å²) < 4.78 is 84.1. The number of nitrogens with zero attached hydrogens (tertiary/aromatic N) is 1. The van der Waals surface area contributed by atoms with E-state index in [0.29, 0.717) is 12.1 Å². The zero-order chi connectivity index (χ0) is 27.6. The highest BCUT2D eigenvalue weighted by Crippen LogP contribution is 2.53. The van der Waals surface area contributed by atoms with Gasteiger partial charge in [0.15, 0.2) is 5.78 Å². The summed E-state index contributed by atoms with van der Waals surface area (Å²) in [5.74, 6) is -4.18. The molecular formula is C26H22F6N2O3. The number of anilines is 1. The van der Waals surface area contributed by atoms with E-state index >= 15 is 0 Å². The number of benzene rings is 2. The molecule has 37 heavy (non-hydrogen) atoms. The molecule has 1 atom stereocenters. The Kier molecular flexibility index (Phi) is 6.04. The minimum Gasteiger partial charge on any atom is -0.326 e. The molecule has 0 aromatic heterocycles. The van der Waals surface area contributed by atoms with Crippen molar-refractivity contribution in [1.82, 2.24) is 5.32 Å². The van der Waals surface area contributed by atoms with Crippen molar-refractivity contribution in [3.8, 4) is 0 Å². The summed E-state index contributed by atoms with van der Waals surface area (Å²) in [6, 6.07) is 8.80. The average Bonchev–Trinajstić information content (AvgIpc) is 3.01. The van der Waals surface area contributed by atoms with Crippen LogP contribution in [0.5, 0.6) is 0 Å². The molecule has 0 bridgehead atoms. The number of carbonyl (C=O) groups is 3. The second-order valence-electron chi connectivity index (χ2n) is 10.0. The predicted octanol–water partition coefficient (Wildman–Crippen LogP) is 5.73. The lowest BCUT2D eigenvalue weighted by Gasteiger charge is -2.35. The molecular weight excluding hydrogens is 502 g/mol. The number of amides is 2. The van der Waals surface area contributed by atoms with Crippen LogP contribution in [0, 0.1) is 12.3 Å². The number of hydrogen-bond donors (Lipinski definition) is 1. The van der Waals surface area contributed by atoms with Gasteiger partial charge in [0.25, 0.3) is 11.8 Å². The molecule has 0 fully saturated rings. The molecule has 0 saturated carbocycles. The van der Waals surface area contributed by atoms with Crippen LogP contribution >= 0.6 is 0 Å². The number of alkyl halides is 6. The lowest BCUT2D eigenvalue weighted by Crippen LogP contribution is -2.66. The number of halogens is 6. The van der Waals surface area contributed by atoms with Gasteiger partial charge in [-0.25, -0.2) is 0 Å². The normalized spacial score (nSPS) is 21.8. The van der Waals surface area contributed by atoms with E-state index in [-0.39, 0.29) is 24.2 Å². The van der Waals surface area contributed by atoms with Crippen LogP contribution in [-0.2, 0) is 15.8 Å². The molecule has 11 heteroatoms. The van der Waals surface area contributed by atoms with Gasteiger partial charge in [-0.15, -0.1) is 0 Å². The smallest absolute Gasteiger partial charge is 0.326 e. The Balaban J connectivity index is 1.91. The van der Waals surface area contributed by atoms with Gasteiger partial charge in [-0.2, -0.15) is 26.3 Å². The van der Waals surface area contributed by atoms with Gasteiger partial charge in [0.05, 0.1) is 11.1 Å². The third kappa shape index (κ3) is 4.40. The monoisotopic (exact) mass is 524 g/mol. The Morgan fingerprint density at radius 3 is 2.14 bits per heavy atom. The number of rotatable bonds is 3. The molecule has 2 amide bonds. The first kappa shape index (κ1) is 26.4. The lowest BCUT2D eigenvalue weighted by atomic mass is 9.72. The average molecular weight is 524 g/mol. The Hall–Kier alpha value is -3.63. The molecule has 0 spiro atoms. The van der Waals surface area contributed by atoms with Gasteiger partial charge in [0, 0.05) is 23.4 Å². The van der Waals surface area contributed by atoms with Gasteiger partial charge >= 0.3 is 12.4 Å². The number of Topliss-reactive ketones (excluding diaryl/α,β-unsaturated/α-hetero) is 1. The number of carbonyl (C=O) groups excluding carboxylic acids is 3. The largest absolute Gasteiger partial charge is 0.425 e. The summed E-state index contributed by atoms with van der Waals surface area (Å²) in [5, 5.41) is 1.64. The molecule has 2 aromatic rings. The first-order valence-corrected chi connectivity index (χ1v) is 11.2. The molecule has 196 valence electrons. The standard InChI is InChI=1S/C26H22F6N2O3/c1-14-7-9-17(10-8-14)34-18-12-23(2,3)13-19(35)20(18)24(22(34)37,26(30,31)32)33-21(36)15-5-4-6-16(11-15)25(27,28)29/h4-11H,12-13H2,1-3H3,(H,33,36)/t24-/m0/s1. The van der Waals surface area contributed by atoms with Crippen LogP contribution in [0.4, 0.5) is 32.0 Å². The SMILES string of the molecule is Cc1ccc(N2C(=O)[C@](NC(=O)c3cccc(C(F)(F)F)c3)(C(F)(F)F)C3=C2CC(C)(C)CC3=O)cc1. The van der Waals surface area contributed by atoms with E-state index in [9.17, 15) is 40.7 Å². The quantitative estimate of drug-likeness (QED) is 0.522. The summed E-state index contributed by atoms with van der Waals surface area (Å²) in [6.45, 7) is 5.07. The first-order chi connectivity index (χ1) is 17.0. The highest BCUT2D eigenvalue weighted by Gasteiger charge is 2.72. The highest BCUT2D eigenvalue weighted by molar-refractivity contribution is 6.21. The van der Waals surface area contributed by atoms with Crippen LogP contribution in [0.3, 0.4) is 0 Å². The third-order valence-electron chi connectivity index (χ3n) is 6.49. The van der Waals surface area contributed by atoms with Gasteiger partial charge in [-0.1, -0.05) is 37.6 Å². The summed E-state index contributed by atoms with van der Waals surface area (Å²) >= 11 is 0. The Morgan fingerprint density at radius 2 is 1.57 bits per heavy atom. The topological polar surface area (TPSA) is 66.5 Å². The minimum absolute atomic E-state index is 0.0630. The second-order valence-corrected chi connectivity index (χ2v) is 10.0. The molecule has 1 heterocycles. The van der Waals surface area contributed by atoms with E-state index in [4.69, 9.17) is 0 Å². The van der Waals surface area contributed by atoms with Crippen molar-refractivity contribution in [3.63, 3.8) is 0 Å². The first-order valence-electron chi connectivity index (χ1n) is 11.2. The van der Waals surface area contributed by atoms with E-state index in [1.54, 1.807) is 38.2 Å². The fourth-order valence-corrected chi connectivity index (χ4v) is 4.80. The van der Waals surface area contributed by atoms with Crippen LogP contribution in [-0.4, -0.2) is 29.3 Å². The maximum atomic E-state index is 14.9. The number of nitrogens with one attached hydrogen (secondary N) is 1. The van der Waals surface area contributed by atoms with Crippen molar-refractivity contribution in [2.75, 3.05) is 4.90 Å². The molecule has 4 rings (SSSR count). The summed E-state index contributed by atoms with van der Waals surface area (Å²) in [4.78, 5) is 40.7. The Labute approximate surface area is 208 Å². The number of aryl methyl sites for hydroxylation is 1. The Bertz CT molecular complexity index is 1330. The van der Waals surface area contributed by atoms with Crippen LogP contribution in [0.1, 0.15) is 48.2 Å². The molecule has 0 radical (unpaired) electrons. The molecule has 1 N–H and O–H groups in total. The summed E-state index contributed by atoms with van der Waals surface area (Å²) in [5.41, 5.74) is -6.83. The second kappa shape index (κ2) is 8.46. The van der Waals surface area contributed by atoms with Gasteiger partial charge in [-0.05, 0) is 49.1 Å². The minimum atomic E-state index is -5.49. The molecule has 0 saturated heterocycles. The van der Waals surface area contributed by atoms with Crippen molar-refractivity contribution in [3.05, 3.63) is 76.5 Å². The van der Waals surface area contributed by atoms with Crippen molar-refractivity contribution in [2.24, 2.45) is 5.41 Å².